The Morgan fingerprint density at radius 1 is 1.31 bits per heavy atom. The highest BCUT2D eigenvalue weighted by molar-refractivity contribution is 4.86. The van der Waals surface area contributed by atoms with E-state index >= 15 is 0 Å². The maximum atomic E-state index is 12.9. The van der Waals surface area contributed by atoms with E-state index in [0.29, 0.717) is 6.54 Å². The second-order valence-electron chi connectivity index (χ2n) is 4.40. The lowest BCUT2D eigenvalue weighted by Gasteiger charge is -2.36. The summed E-state index contributed by atoms with van der Waals surface area (Å²) in [6.45, 7) is 2.34. The summed E-state index contributed by atoms with van der Waals surface area (Å²) in [5.41, 5.74) is 5.29. The van der Waals surface area contributed by atoms with Gasteiger partial charge in [0.2, 0.25) is 0 Å². The summed E-state index contributed by atoms with van der Waals surface area (Å²) >= 11 is 0. The molecule has 0 heterocycles. The van der Waals surface area contributed by atoms with Crippen molar-refractivity contribution in [2.75, 3.05) is 13.1 Å². The molecule has 1 saturated carbocycles. The van der Waals surface area contributed by atoms with Crippen LogP contribution in [0, 0.1) is 0 Å². The van der Waals surface area contributed by atoms with Crippen molar-refractivity contribution in [3.63, 3.8) is 0 Å². The van der Waals surface area contributed by atoms with Crippen LogP contribution < -0.4 is 5.73 Å². The van der Waals surface area contributed by atoms with Gasteiger partial charge < -0.3 is 5.73 Å². The van der Waals surface area contributed by atoms with E-state index in [9.17, 15) is 13.2 Å². The van der Waals surface area contributed by atoms with Gasteiger partial charge in [-0.05, 0) is 32.4 Å². The summed E-state index contributed by atoms with van der Waals surface area (Å²) in [6, 6.07) is -1.26. The van der Waals surface area contributed by atoms with Gasteiger partial charge in [-0.25, -0.2) is 0 Å². The minimum atomic E-state index is -4.15. The molecule has 1 fully saturated rings. The Morgan fingerprint density at radius 3 is 2.25 bits per heavy atom. The first kappa shape index (κ1) is 13.8. The molecule has 2 N–H and O–H groups in total. The van der Waals surface area contributed by atoms with Gasteiger partial charge in [-0.2, -0.15) is 13.2 Å². The fraction of sp³-hybridized carbons (Fsp3) is 1.00. The first-order chi connectivity index (χ1) is 7.50. The summed E-state index contributed by atoms with van der Waals surface area (Å²) in [5.74, 6) is 0. The third-order valence-electron chi connectivity index (χ3n) is 3.38. The molecule has 16 heavy (non-hydrogen) atoms. The predicted octanol–water partition coefficient (Wildman–Crippen LogP) is 2.53. The van der Waals surface area contributed by atoms with Crippen molar-refractivity contribution in [2.45, 2.75) is 57.3 Å². The number of hydrogen-bond donors (Lipinski definition) is 1. The Hall–Kier alpha value is -0.290. The molecule has 2 nitrogen and oxygen atoms in total. The fourth-order valence-electron chi connectivity index (χ4n) is 2.64. The summed E-state index contributed by atoms with van der Waals surface area (Å²) in [5, 5.41) is 0. The van der Waals surface area contributed by atoms with Crippen molar-refractivity contribution in [3.8, 4) is 0 Å². The molecule has 0 bridgehead atoms. The number of nitrogens with zero attached hydrogens (tertiary/aromatic N) is 1. The van der Waals surface area contributed by atoms with Gasteiger partial charge in [-0.1, -0.05) is 19.8 Å². The highest BCUT2D eigenvalue weighted by atomic mass is 19.4. The van der Waals surface area contributed by atoms with Crippen LogP contribution in [0.3, 0.4) is 0 Å². The summed E-state index contributed by atoms with van der Waals surface area (Å²) in [6.07, 6.45) is -0.259. The van der Waals surface area contributed by atoms with Gasteiger partial charge >= 0.3 is 6.18 Å². The zero-order chi connectivity index (χ0) is 12.2. The van der Waals surface area contributed by atoms with Crippen LogP contribution in [0.15, 0.2) is 0 Å². The number of halogens is 3. The SMILES string of the molecule is CCN(C1CCCC1)C(CCN)C(F)(F)F. The molecule has 0 spiro atoms. The molecule has 0 aromatic rings. The fourth-order valence-corrected chi connectivity index (χ4v) is 2.64. The van der Waals surface area contributed by atoms with E-state index in [4.69, 9.17) is 5.73 Å². The lowest BCUT2D eigenvalue weighted by Crippen LogP contribution is -2.50. The van der Waals surface area contributed by atoms with Gasteiger partial charge in [-0.3, -0.25) is 4.90 Å². The maximum Gasteiger partial charge on any atom is 0.404 e. The molecule has 0 radical (unpaired) electrons. The van der Waals surface area contributed by atoms with Crippen LogP contribution in [0.2, 0.25) is 0 Å². The lowest BCUT2D eigenvalue weighted by molar-refractivity contribution is -0.190. The average Bonchev–Trinajstić information content (AvgIpc) is 2.69. The zero-order valence-corrected chi connectivity index (χ0v) is 9.76. The molecule has 0 aliphatic heterocycles. The topological polar surface area (TPSA) is 29.3 Å². The molecule has 0 aromatic heterocycles. The monoisotopic (exact) mass is 238 g/mol. The summed E-state index contributed by atoms with van der Waals surface area (Å²) < 4.78 is 38.7. The second-order valence-corrected chi connectivity index (χ2v) is 4.40. The minimum Gasteiger partial charge on any atom is -0.330 e. The van der Waals surface area contributed by atoms with Crippen molar-refractivity contribution < 1.29 is 13.2 Å². The molecule has 0 aromatic carbocycles. The van der Waals surface area contributed by atoms with Crippen molar-refractivity contribution in [1.82, 2.24) is 4.90 Å². The van der Waals surface area contributed by atoms with E-state index in [1.807, 2.05) is 0 Å². The lowest BCUT2D eigenvalue weighted by atomic mass is 10.1. The maximum absolute atomic E-state index is 12.9. The van der Waals surface area contributed by atoms with E-state index < -0.39 is 12.2 Å². The molecule has 5 heteroatoms. The molecule has 1 aliphatic carbocycles. The number of rotatable bonds is 5. The number of alkyl halides is 3. The van der Waals surface area contributed by atoms with E-state index in [-0.39, 0.29) is 19.0 Å². The molecule has 1 unspecified atom stereocenters. The second kappa shape index (κ2) is 5.87. The number of nitrogens with two attached hydrogens (primary N) is 1. The van der Waals surface area contributed by atoms with E-state index in [0.717, 1.165) is 25.7 Å². The zero-order valence-electron chi connectivity index (χ0n) is 9.76. The van der Waals surface area contributed by atoms with Gasteiger partial charge in [0.15, 0.2) is 0 Å². The molecular weight excluding hydrogens is 217 g/mol. The summed E-state index contributed by atoms with van der Waals surface area (Å²) in [4.78, 5) is 1.60. The number of hydrogen-bond acceptors (Lipinski definition) is 2. The van der Waals surface area contributed by atoms with Crippen molar-refractivity contribution >= 4 is 0 Å². The van der Waals surface area contributed by atoms with Crippen LogP contribution in [0.5, 0.6) is 0 Å². The Balaban J connectivity index is 2.72. The minimum absolute atomic E-state index is 0.00778. The Labute approximate surface area is 95.0 Å². The molecule has 0 amide bonds. The smallest absolute Gasteiger partial charge is 0.330 e. The van der Waals surface area contributed by atoms with Crippen LogP contribution in [0.1, 0.15) is 39.0 Å². The van der Waals surface area contributed by atoms with Crippen molar-refractivity contribution in [2.24, 2.45) is 5.73 Å². The highest BCUT2D eigenvalue weighted by Crippen LogP contribution is 2.32. The van der Waals surface area contributed by atoms with Crippen LogP contribution >= 0.6 is 0 Å². The van der Waals surface area contributed by atoms with Gasteiger partial charge in [-0.15, -0.1) is 0 Å². The molecule has 96 valence electrons. The third-order valence-corrected chi connectivity index (χ3v) is 3.38. The van der Waals surface area contributed by atoms with E-state index in [2.05, 4.69) is 0 Å². The van der Waals surface area contributed by atoms with E-state index in [1.54, 1.807) is 11.8 Å². The average molecular weight is 238 g/mol. The molecular formula is C11H21F3N2. The Kier molecular flexibility index (Phi) is 5.05. The molecule has 1 aliphatic rings. The van der Waals surface area contributed by atoms with Gasteiger partial charge in [0.25, 0.3) is 0 Å². The summed E-state index contributed by atoms with van der Waals surface area (Å²) in [7, 11) is 0. The largest absolute Gasteiger partial charge is 0.404 e. The van der Waals surface area contributed by atoms with Gasteiger partial charge in [0.1, 0.15) is 6.04 Å². The van der Waals surface area contributed by atoms with Crippen molar-refractivity contribution in [3.05, 3.63) is 0 Å². The highest BCUT2D eigenvalue weighted by Gasteiger charge is 2.44. The quantitative estimate of drug-likeness (QED) is 0.797. The van der Waals surface area contributed by atoms with E-state index in [1.165, 1.54) is 0 Å². The molecule has 1 atom stereocenters. The normalized spacial score (nSPS) is 20.6. The van der Waals surface area contributed by atoms with Gasteiger partial charge in [0, 0.05) is 6.04 Å². The molecule has 0 saturated heterocycles. The Bertz CT molecular complexity index is 200. The van der Waals surface area contributed by atoms with Gasteiger partial charge in [0.05, 0.1) is 0 Å². The van der Waals surface area contributed by atoms with Crippen molar-refractivity contribution in [1.29, 1.82) is 0 Å². The van der Waals surface area contributed by atoms with Crippen LogP contribution in [-0.4, -0.2) is 36.2 Å². The first-order valence-electron chi connectivity index (χ1n) is 6.03. The van der Waals surface area contributed by atoms with Crippen LogP contribution in [0.4, 0.5) is 13.2 Å². The predicted molar refractivity (Wildman–Crippen MR) is 58.2 cm³/mol. The molecule has 1 rings (SSSR count). The standard InChI is InChI=1S/C11H21F3N2/c1-2-16(9-5-3-4-6-9)10(7-8-15)11(12,13)14/h9-10H,2-8,15H2,1H3. The third kappa shape index (κ3) is 3.35. The van der Waals surface area contributed by atoms with Crippen LogP contribution in [-0.2, 0) is 0 Å². The van der Waals surface area contributed by atoms with Crippen LogP contribution in [0.25, 0.3) is 0 Å². The Morgan fingerprint density at radius 2 is 1.88 bits per heavy atom. The first-order valence-corrected chi connectivity index (χ1v) is 6.03.